The molecule has 0 fully saturated rings. The number of carbonyl (C=O) groups excluding carboxylic acids is 1. The van der Waals surface area contributed by atoms with Crippen LogP contribution in [0.2, 0.25) is 0 Å². The molecule has 0 atom stereocenters. The summed E-state index contributed by atoms with van der Waals surface area (Å²) in [6.45, 7) is 2.34. The molecule has 1 N–H and O–H groups in total. The minimum Gasteiger partial charge on any atom is -0.494 e. The van der Waals surface area contributed by atoms with Crippen molar-refractivity contribution >= 4 is 43.1 Å². The van der Waals surface area contributed by atoms with Crippen LogP contribution in [0.1, 0.15) is 22.8 Å². The fourth-order valence-corrected chi connectivity index (χ4v) is 4.50. The number of fused-ring (bicyclic) bond motifs is 1. The van der Waals surface area contributed by atoms with Gasteiger partial charge in [0.2, 0.25) is 5.78 Å². The molecular formula is C24H19BrN2O4S. The quantitative estimate of drug-likeness (QED) is 0.491. The zero-order valence-electron chi connectivity index (χ0n) is 17.1. The first-order valence-corrected chi connectivity index (χ1v) is 12.1. The Labute approximate surface area is 194 Å². The van der Waals surface area contributed by atoms with Crippen LogP contribution in [0.4, 0.5) is 5.69 Å². The van der Waals surface area contributed by atoms with Crippen molar-refractivity contribution < 1.29 is 17.9 Å². The van der Waals surface area contributed by atoms with E-state index in [2.05, 4.69) is 25.6 Å². The molecule has 0 aromatic heterocycles. The van der Waals surface area contributed by atoms with E-state index in [1.165, 1.54) is 18.2 Å². The van der Waals surface area contributed by atoms with Crippen molar-refractivity contribution in [3.8, 4) is 5.75 Å². The number of ether oxygens (including phenoxy) is 1. The number of benzene rings is 3. The van der Waals surface area contributed by atoms with Gasteiger partial charge < -0.3 is 10.1 Å². The highest BCUT2D eigenvalue weighted by molar-refractivity contribution is 9.10. The molecule has 4 rings (SSSR count). The third kappa shape index (κ3) is 4.66. The summed E-state index contributed by atoms with van der Waals surface area (Å²) in [5.74, 6) is 0.342. The predicted molar refractivity (Wildman–Crippen MR) is 128 cm³/mol. The first-order valence-electron chi connectivity index (χ1n) is 9.83. The summed E-state index contributed by atoms with van der Waals surface area (Å²) in [5.41, 5.74) is 1.98. The number of anilines is 1. The van der Waals surface area contributed by atoms with E-state index in [1.807, 2.05) is 31.2 Å². The minimum atomic E-state index is -4.01. The molecule has 0 aliphatic heterocycles. The molecule has 3 aromatic rings. The second kappa shape index (κ2) is 9.10. The van der Waals surface area contributed by atoms with Gasteiger partial charge in [0, 0.05) is 21.3 Å². The number of ketones is 1. The summed E-state index contributed by atoms with van der Waals surface area (Å²) in [6.07, 6.45) is 1.47. The maximum Gasteiger partial charge on any atom is 0.282 e. The third-order valence-corrected chi connectivity index (χ3v) is 6.58. The summed E-state index contributed by atoms with van der Waals surface area (Å²) >= 11 is 3.38. The van der Waals surface area contributed by atoms with Gasteiger partial charge in [-0.3, -0.25) is 4.79 Å². The number of Topliss-reactive ketones (excluding diaryl/α,β-unsaturated/α-hetero) is 1. The van der Waals surface area contributed by atoms with Crippen LogP contribution >= 0.6 is 15.9 Å². The standard InChI is InChI=1S/C24H19BrN2O4S/c1-2-31-18-11-13-19(14-12-18)32(29,30)27-22-15-23(26-17-9-7-16(25)8-10-17)24(28)21-6-4-3-5-20(21)22/h3-15,26H,2H2,1H3/b27-22-. The number of allylic oxidation sites excluding steroid dienone is 2. The molecule has 162 valence electrons. The largest absolute Gasteiger partial charge is 0.494 e. The molecule has 8 heteroatoms. The zero-order valence-corrected chi connectivity index (χ0v) is 19.5. The Morgan fingerprint density at radius 3 is 2.25 bits per heavy atom. The number of rotatable bonds is 6. The lowest BCUT2D eigenvalue weighted by molar-refractivity contribution is 0.103. The Morgan fingerprint density at radius 2 is 1.59 bits per heavy atom. The van der Waals surface area contributed by atoms with E-state index in [-0.39, 0.29) is 22.1 Å². The van der Waals surface area contributed by atoms with Gasteiger partial charge in [0.15, 0.2) is 0 Å². The molecular weight excluding hydrogens is 492 g/mol. The Bertz CT molecular complexity index is 1330. The number of hydrogen-bond acceptors (Lipinski definition) is 5. The molecule has 0 amide bonds. The number of hydrogen-bond donors (Lipinski definition) is 1. The van der Waals surface area contributed by atoms with E-state index in [1.54, 1.807) is 36.4 Å². The normalized spacial score (nSPS) is 14.6. The monoisotopic (exact) mass is 510 g/mol. The van der Waals surface area contributed by atoms with E-state index in [9.17, 15) is 13.2 Å². The third-order valence-electron chi connectivity index (χ3n) is 4.75. The lowest BCUT2D eigenvalue weighted by Gasteiger charge is -2.18. The van der Waals surface area contributed by atoms with Crippen LogP contribution in [0.25, 0.3) is 0 Å². The maximum absolute atomic E-state index is 13.0. The summed E-state index contributed by atoms with van der Waals surface area (Å²) in [5, 5.41) is 3.07. The Kier molecular flexibility index (Phi) is 6.25. The smallest absolute Gasteiger partial charge is 0.282 e. The second-order valence-electron chi connectivity index (χ2n) is 6.92. The van der Waals surface area contributed by atoms with Crippen molar-refractivity contribution in [2.24, 2.45) is 4.40 Å². The van der Waals surface area contributed by atoms with Crippen LogP contribution < -0.4 is 10.1 Å². The molecule has 0 spiro atoms. The Morgan fingerprint density at radius 1 is 0.938 bits per heavy atom. The SMILES string of the molecule is CCOc1ccc(S(=O)(=O)/N=C2/C=C(Nc3ccc(Br)cc3)C(=O)c3ccccc32)cc1. The van der Waals surface area contributed by atoms with Crippen LogP contribution in [-0.4, -0.2) is 26.5 Å². The molecule has 0 bridgehead atoms. The van der Waals surface area contributed by atoms with Crippen LogP contribution in [0.3, 0.4) is 0 Å². The number of nitrogens with zero attached hydrogens (tertiary/aromatic N) is 1. The molecule has 32 heavy (non-hydrogen) atoms. The topological polar surface area (TPSA) is 84.8 Å². The highest BCUT2D eigenvalue weighted by Crippen LogP contribution is 2.26. The molecule has 3 aromatic carbocycles. The van der Waals surface area contributed by atoms with Crippen LogP contribution in [0.5, 0.6) is 5.75 Å². The summed E-state index contributed by atoms with van der Waals surface area (Å²) in [7, 11) is -4.01. The average molecular weight is 511 g/mol. The van der Waals surface area contributed by atoms with Gasteiger partial charge in [-0.1, -0.05) is 40.2 Å². The summed E-state index contributed by atoms with van der Waals surface area (Å²) in [6, 6.07) is 20.2. The lowest BCUT2D eigenvalue weighted by atomic mass is 9.92. The molecule has 0 unspecified atom stereocenters. The first kappa shape index (κ1) is 22.0. The summed E-state index contributed by atoms with van der Waals surface area (Å²) < 4.78 is 36.3. The minimum absolute atomic E-state index is 0.0404. The molecule has 1 aliphatic carbocycles. The van der Waals surface area contributed by atoms with Gasteiger partial charge in [-0.05, 0) is 61.5 Å². The molecule has 1 aliphatic rings. The van der Waals surface area contributed by atoms with Crippen molar-refractivity contribution in [2.75, 3.05) is 11.9 Å². The van der Waals surface area contributed by atoms with Gasteiger partial charge in [0.05, 0.1) is 22.9 Å². The average Bonchev–Trinajstić information content (AvgIpc) is 2.79. The maximum atomic E-state index is 13.0. The van der Waals surface area contributed by atoms with Crippen LogP contribution in [0.15, 0.2) is 98.3 Å². The van der Waals surface area contributed by atoms with Crippen molar-refractivity contribution in [3.63, 3.8) is 0 Å². The van der Waals surface area contributed by atoms with Crippen LogP contribution in [-0.2, 0) is 10.0 Å². The highest BCUT2D eigenvalue weighted by atomic mass is 79.9. The van der Waals surface area contributed by atoms with E-state index in [4.69, 9.17) is 4.74 Å². The van der Waals surface area contributed by atoms with Gasteiger partial charge in [-0.15, -0.1) is 0 Å². The fourth-order valence-electron chi connectivity index (χ4n) is 3.24. The predicted octanol–water partition coefficient (Wildman–Crippen LogP) is 5.22. The lowest BCUT2D eigenvalue weighted by Crippen LogP contribution is -2.22. The molecule has 6 nitrogen and oxygen atoms in total. The van der Waals surface area contributed by atoms with Gasteiger partial charge in [0.25, 0.3) is 10.0 Å². The van der Waals surface area contributed by atoms with Crippen molar-refractivity contribution in [1.29, 1.82) is 0 Å². The number of halogens is 1. The fraction of sp³-hybridized carbons (Fsp3) is 0.0833. The van der Waals surface area contributed by atoms with E-state index in [0.717, 1.165) is 4.47 Å². The zero-order chi connectivity index (χ0) is 22.7. The van der Waals surface area contributed by atoms with Crippen molar-refractivity contribution in [2.45, 2.75) is 11.8 Å². The van der Waals surface area contributed by atoms with E-state index in [0.29, 0.717) is 29.2 Å². The number of nitrogens with one attached hydrogen (secondary N) is 1. The molecule has 0 saturated heterocycles. The van der Waals surface area contributed by atoms with Gasteiger partial charge in [0.1, 0.15) is 5.75 Å². The summed E-state index contributed by atoms with van der Waals surface area (Å²) in [4.78, 5) is 13.1. The highest BCUT2D eigenvalue weighted by Gasteiger charge is 2.26. The van der Waals surface area contributed by atoms with Gasteiger partial charge >= 0.3 is 0 Å². The molecule has 0 saturated carbocycles. The van der Waals surface area contributed by atoms with Crippen molar-refractivity contribution in [1.82, 2.24) is 0 Å². The van der Waals surface area contributed by atoms with Gasteiger partial charge in [-0.25, -0.2) is 0 Å². The molecule has 0 radical (unpaired) electrons. The van der Waals surface area contributed by atoms with E-state index < -0.39 is 10.0 Å². The number of sulfonamides is 1. The van der Waals surface area contributed by atoms with Crippen LogP contribution in [0, 0.1) is 0 Å². The first-order chi connectivity index (χ1) is 15.4. The Balaban J connectivity index is 1.75. The molecule has 0 heterocycles. The van der Waals surface area contributed by atoms with Gasteiger partial charge in [-0.2, -0.15) is 12.8 Å². The second-order valence-corrected chi connectivity index (χ2v) is 9.44. The number of carbonyl (C=O) groups is 1. The Hall–Kier alpha value is -3.23. The van der Waals surface area contributed by atoms with Crippen molar-refractivity contribution in [3.05, 3.63) is 100 Å². The van der Waals surface area contributed by atoms with E-state index >= 15 is 0 Å².